The molecule has 4 aliphatic rings. The van der Waals surface area contributed by atoms with Crippen LogP contribution in [0.1, 0.15) is 58.3 Å². The van der Waals surface area contributed by atoms with E-state index >= 15 is 0 Å². The van der Waals surface area contributed by atoms with Crippen molar-refractivity contribution in [3.05, 3.63) is 23.4 Å². The maximum atomic E-state index is 11.5. The second-order valence-electron chi connectivity index (χ2n) is 6.93. The van der Waals surface area contributed by atoms with Crippen molar-refractivity contribution in [1.82, 2.24) is 5.32 Å². The molecule has 0 atom stereocenters. The molecule has 2 bridgehead atoms. The van der Waals surface area contributed by atoms with Gasteiger partial charge in [0.2, 0.25) is 5.91 Å². The fourth-order valence-corrected chi connectivity index (χ4v) is 4.40. The van der Waals surface area contributed by atoms with Crippen LogP contribution in [0.3, 0.4) is 0 Å². The average molecular weight is 289 g/mol. The molecule has 0 heterocycles. The maximum absolute atomic E-state index is 11.5. The van der Waals surface area contributed by atoms with Gasteiger partial charge in [-0.2, -0.15) is 0 Å². The monoisotopic (exact) mass is 289 g/mol. The van der Waals surface area contributed by atoms with E-state index in [4.69, 9.17) is 0 Å². The van der Waals surface area contributed by atoms with Gasteiger partial charge in [-0.1, -0.05) is 11.6 Å². The van der Waals surface area contributed by atoms with Crippen molar-refractivity contribution in [2.75, 3.05) is 0 Å². The van der Waals surface area contributed by atoms with Crippen LogP contribution in [0.25, 0.3) is 0 Å². The number of carboxylic acids is 1. The molecule has 4 aliphatic carbocycles. The van der Waals surface area contributed by atoms with E-state index in [1.165, 1.54) is 12.5 Å². The Labute approximate surface area is 125 Å². The van der Waals surface area contributed by atoms with Gasteiger partial charge in [-0.05, 0) is 62.9 Å². The molecule has 3 fully saturated rings. The molecule has 0 radical (unpaired) electrons. The molecule has 3 saturated carbocycles. The van der Waals surface area contributed by atoms with Gasteiger partial charge >= 0.3 is 5.97 Å². The van der Waals surface area contributed by atoms with Gasteiger partial charge in [0.1, 0.15) is 0 Å². The van der Waals surface area contributed by atoms with E-state index in [1.807, 2.05) is 6.08 Å². The van der Waals surface area contributed by atoms with Crippen LogP contribution in [0.15, 0.2) is 23.4 Å². The molecule has 2 N–H and O–H groups in total. The molecule has 0 aliphatic heterocycles. The molecular formula is C17H23NO3. The van der Waals surface area contributed by atoms with E-state index in [1.54, 1.807) is 0 Å². The number of amides is 1. The van der Waals surface area contributed by atoms with Crippen LogP contribution in [-0.4, -0.2) is 17.0 Å². The summed E-state index contributed by atoms with van der Waals surface area (Å²) in [5.41, 5.74) is 2.26. The van der Waals surface area contributed by atoms with Gasteiger partial charge in [0.15, 0.2) is 0 Å². The van der Waals surface area contributed by atoms with Gasteiger partial charge < -0.3 is 10.4 Å². The number of carbonyl (C=O) groups excluding carboxylic acids is 1. The van der Waals surface area contributed by atoms with Crippen molar-refractivity contribution in [2.45, 2.75) is 58.3 Å². The summed E-state index contributed by atoms with van der Waals surface area (Å²) in [6, 6.07) is 0. The quantitative estimate of drug-likeness (QED) is 0.838. The first-order chi connectivity index (χ1) is 9.96. The van der Waals surface area contributed by atoms with Crippen molar-refractivity contribution in [2.24, 2.45) is 10.8 Å². The lowest BCUT2D eigenvalue weighted by molar-refractivity contribution is -0.157. The number of hydrogen-bond acceptors (Lipinski definition) is 2. The van der Waals surface area contributed by atoms with Crippen LogP contribution in [0.4, 0.5) is 0 Å². The molecule has 0 aromatic heterocycles. The second-order valence-corrected chi connectivity index (χ2v) is 6.93. The molecule has 4 rings (SSSR count). The minimum atomic E-state index is -0.596. The van der Waals surface area contributed by atoms with Gasteiger partial charge in [0.05, 0.1) is 5.41 Å². The maximum Gasteiger partial charge on any atom is 0.309 e. The van der Waals surface area contributed by atoms with Gasteiger partial charge in [-0.15, -0.1) is 0 Å². The zero-order valence-electron chi connectivity index (χ0n) is 12.6. The predicted octanol–water partition coefficient (Wildman–Crippen LogP) is 3.15. The van der Waals surface area contributed by atoms with Crippen LogP contribution < -0.4 is 5.32 Å². The normalized spacial score (nSPS) is 34.9. The number of allylic oxidation sites excluding steroid dienone is 4. The smallest absolute Gasteiger partial charge is 0.309 e. The Hall–Kier alpha value is -1.58. The highest BCUT2D eigenvalue weighted by atomic mass is 16.4. The summed E-state index contributed by atoms with van der Waals surface area (Å²) < 4.78 is 0. The molecule has 0 aromatic rings. The summed E-state index contributed by atoms with van der Waals surface area (Å²) in [5, 5.41) is 12.3. The number of fused-ring (bicyclic) bond motifs is 3. The molecule has 0 saturated heterocycles. The average Bonchev–Trinajstić information content (AvgIpc) is 2.49. The molecule has 1 amide bonds. The van der Waals surface area contributed by atoms with Gasteiger partial charge in [-0.3, -0.25) is 9.59 Å². The molecular weight excluding hydrogens is 266 g/mol. The summed E-state index contributed by atoms with van der Waals surface area (Å²) in [7, 11) is 0. The highest BCUT2D eigenvalue weighted by molar-refractivity contribution is 5.75. The van der Waals surface area contributed by atoms with E-state index in [0.29, 0.717) is 0 Å². The highest BCUT2D eigenvalue weighted by Gasteiger charge is 2.53. The van der Waals surface area contributed by atoms with E-state index < -0.39 is 11.4 Å². The SMILES string of the molecule is CC(=O)NC1=CC=C(C23CCC(C(=O)O)(CC2)CC3)CC1. The third kappa shape index (κ3) is 2.41. The first-order valence-electron chi connectivity index (χ1n) is 7.87. The third-order valence-electron chi connectivity index (χ3n) is 5.87. The fraction of sp³-hybridized carbons (Fsp3) is 0.647. The Morgan fingerprint density at radius 2 is 1.67 bits per heavy atom. The molecule has 114 valence electrons. The van der Waals surface area contributed by atoms with Crippen molar-refractivity contribution in [3.63, 3.8) is 0 Å². The Bertz CT molecular complexity index is 520. The van der Waals surface area contributed by atoms with Crippen molar-refractivity contribution in [3.8, 4) is 0 Å². The highest BCUT2D eigenvalue weighted by Crippen LogP contribution is 2.60. The lowest BCUT2D eigenvalue weighted by Crippen LogP contribution is -2.46. The van der Waals surface area contributed by atoms with E-state index in [2.05, 4.69) is 11.4 Å². The second kappa shape index (κ2) is 5.00. The van der Waals surface area contributed by atoms with Crippen LogP contribution in [0.5, 0.6) is 0 Å². The van der Waals surface area contributed by atoms with Crippen molar-refractivity contribution in [1.29, 1.82) is 0 Å². The molecule has 0 spiro atoms. The summed E-state index contributed by atoms with van der Waals surface area (Å²) in [6.07, 6.45) is 11.6. The number of nitrogens with one attached hydrogen (secondary N) is 1. The van der Waals surface area contributed by atoms with Gasteiger partial charge in [0, 0.05) is 12.6 Å². The summed E-state index contributed by atoms with van der Waals surface area (Å²) in [5.74, 6) is -0.612. The zero-order chi connectivity index (χ0) is 15.1. The van der Waals surface area contributed by atoms with Crippen LogP contribution in [-0.2, 0) is 9.59 Å². The standard InChI is InChI=1S/C17H23NO3/c1-12(19)18-14-4-2-13(3-5-14)16-6-9-17(10-7-16,11-8-16)15(20)21/h2,4H,3,5-11H2,1H3,(H,18,19)(H,20,21). The lowest BCUT2D eigenvalue weighted by atomic mass is 9.51. The van der Waals surface area contributed by atoms with Crippen LogP contribution in [0.2, 0.25) is 0 Å². The number of carboxylic acid groups (broad SMARTS) is 1. The Morgan fingerprint density at radius 1 is 1.05 bits per heavy atom. The van der Waals surface area contributed by atoms with Crippen molar-refractivity contribution >= 4 is 11.9 Å². The number of rotatable bonds is 3. The minimum absolute atomic E-state index is 0.0159. The van der Waals surface area contributed by atoms with E-state index in [9.17, 15) is 14.7 Å². The van der Waals surface area contributed by atoms with Crippen molar-refractivity contribution < 1.29 is 14.7 Å². The number of hydrogen-bond donors (Lipinski definition) is 2. The van der Waals surface area contributed by atoms with Gasteiger partial charge in [0.25, 0.3) is 0 Å². The van der Waals surface area contributed by atoms with Crippen LogP contribution >= 0.6 is 0 Å². The third-order valence-corrected chi connectivity index (χ3v) is 5.87. The Kier molecular flexibility index (Phi) is 3.42. The summed E-state index contributed by atoms with van der Waals surface area (Å²) in [6.45, 7) is 1.53. The fourth-order valence-electron chi connectivity index (χ4n) is 4.40. The van der Waals surface area contributed by atoms with E-state index in [-0.39, 0.29) is 11.3 Å². The van der Waals surface area contributed by atoms with Gasteiger partial charge in [-0.25, -0.2) is 0 Å². The molecule has 4 nitrogen and oxygen atoms in total. The largest absolute Gasteiger partial charge is 0.481 e. The molecule has 21 heavy (non-hydrogen) atoms. The number of carbonyl (C=O) groups is 2. The Balaban J connectivity index is 1.75. The summed E-state index contributed by atoms with van der Waals surface area (Å²) >= 11 is 0. The first kappa shape index (κ1) is 14.4. The predicted molar refractivity (Wildman–Crippen MR) is 79.4 cm³/mol. The topological polar surface area (TPSA) is 66.4 Å². The van der Waals surface area contributed by atoms with E-state index in [0.717, 1.165) is 57.1 Å². The number of aliphatic carboxylic acids is 1. The Morgan fingerprint density at radius 3 is 2.10 bits per heavy atom. The first-order valence-corrected chi connectivity index (χ1v) is 7.87. The molecule has 4 heteroatoms. The molecule has 0 aromatic carbocycles. The van der Waals surface area contributed by atoms with Crippen LogP contribution in [0, 0.1) is 10.8 Å². The zero-order valence-corrected chi connectivity index (χ0v) is 12.6. The lowest BCUT2D eigenvalue weighted by Gasteiger charge is -2.53. The minimum Gasteiger partial charge on any atom is -0.481 e. The molecule has 0 unspecified atom stereocenters. The summed E-state index contributed by atoms with van der Waals surface area (Å²) in [4.78, 5) is 22.6.